The van der Waals surface area contributed by atoms with Crippen molar-refractivity contribution in [1.29, 1.82) is 0 Å². The second-order valence-corrected chi connectivity index (χ2v) is 7.91. The van der Waals surface area contributed by atoms with Gasteiger partial charge in [0.2, 0.25) is 5.91 Å². The largest absolute Gasteiger partial charge is 0.365 e. The smallest absolute Gasteiger partial charge is 0.225 e. The lowest BCUT2D eigenvalue weighted by Gasteiger charge is -2.38. The Morgan fingerprint density at radius 2 is 1.63 bits per heavy atom. The van der Waals surface area contributed by atoms with Crippen LogP contribution in [0, 0.1) is 19.8 Å². The van der Waals surface area contributed by atoms with E-state index in [1.807, 2.05) is 22.9 Å². The summed E-state index contributed by atoms with van der Waals surface area (Å²) >= 11 is 0. The van der Waals surface area contributed by atoms with Gasteiger partial charge in [0.25, 0.3) is 0 Å². The first-order valence-electron chi connectivity index (χ1n) is 10.3. The minimum Gasteiger partial charge on any atom is -0.365 e. The molecule has 4 rings (SSSR count). The highest BCUT2D eigenvalue weighted by Gasteiger charge is 2.30. The van der Waals surface area contributed by atoms with E-state index < -0.39 is 0 Å². The molecular formula is C22H30N4O. The van der Waals surface area contributed by atoms with Gasteiger partial charge in [-0.05, 0) is 38.8 Å². The fraction of sp³-hybridized carbons (Fsp3) is 0.545. The second-order valence-electron chi connectivity index (χ2n) is 7.91. The van der Waals surface area contributed by atoms with Crippen molar-refractivity contribution in [1.82, 2.24) is 14.7 Å². The number of para-hydroxylation sites is 1. The summed E-state index contributed by atoms with van der Waals surface area (Å²) in [6.45, 7) is 7.65. The van der Waals surface area contributed by atoms with Crippen LogP contribution in [0.15, 0.2) is 30.3 Å². The monoisotopic (exact) mass is 366 g/mol. The van der Waals surface area contributed by atoms with E-state index in [0.717, 1.165) is 50.4 Å². The zero-order valence-electron chi connectivity index (χ0n) is 16.5. The van der Waals surface area contributed by atoms with Crippen LogP contribution in [0.2, 0.25) is 0 Å². The molecule has 5 nitrogen and oxygen atoms in total. The summed E-state index contributed by atoms with van der Waals surface area (Å²) in [5, 5.41) is 4.78. The normalized spacial score (nSPS) is 18.7. The van der Waals surface area contributed by atoms with Crippen LogP contribution in [0.5, 0.6) is 0 Å². The summed E-state index contributed by atoms with van der Waals surface area (Å²) in [6, 6.07) is 10.3. The number of aromatic nitrogens is 2. The molecule has 5 heteroatoms. The van der Waals surface area contributed by atoms with Crippen LogP contribution < -0.4 is 4.90 Å². The standard InChI is InChI=1S/C22H30N4O/c1-17-21(18(2)26(23-17)20-11-7-4-8-12-20)24-13-15-25(16-14-24)22(27)19-9-5-3-6-10-19/h4,7-8,11-12,19H,3,5-6,9-10,13-16H2,1-2H3. The number of aryl methyl sites for hydroxylation is 1. The molecule has 1 aromatic carbocycles. The molecule has 0 N–H and O–H groups in total. The van der Waals surface area contributed by atoms with Gasteiger partial charge in [-0.1, -0.05) is 37.5 Å². The lowest BCUT2D eigenvalue weighted by Crippen LogP contribution is -2.50. The van der Waals surface area contributed by atoms with Gasteiger partial charge >= 0.3 is 0 Å². The number of carbonyl (C=O) groups is 1. The van der Waals surface area contributed by atoms with E-state index in [0.29, 0.717) is 5.91 Å². The number of carbonyl (C=O) groups excluding carboxylic acids is 1. The van der Waals surface area contributed by atoms with Crippen molar-refractivity contribution in [3.8, 4) is 5.69 Å². The van der Waals surface area contributed by atoms with Gasteiger partial charge < -0.3 is 9.80 Å². The summed E-state index contributed by atoms with van der Waals surface area (Å²) < 4.78 is 2.03. The van der Waals surface area contributed by atoms with Gasteiger partial charge in [-0.3, -0.25) is 4.79 Å². The average molecular weight is 367 g/mol. The van der Waals surface area contributed by atoms with Crippen LogP contribution in [0.4, 0.5) is 5.69 Å². The highest BCUT2D eigenvalue weighted by atomic mass is 16.2. The maximum absolute atomic E-state index is 12.8. The zero-order chi connectivity index (χ0) is 18.8. The summed E-state index contributed by atoms with van der Waals surface area (Å²) in [5.41, 5.74) is 4.55. The molecule has 0 radical (unpaired) electrons. The molecule has 1 aliphatic heterocycles. The highest BCUT2D eigenvalue weighted by molar-refractivity contribution is 5.79. The third-order valence-electron chi connectivity index (χ3n) is 6.12. The average Bonchev–Trinajstić information content (AvgIpc) is 3.03. The van der Waals surface area contributed by atoms with E-state index in [1.54, 1.807) is 0 Å². The quantitative estimate of drug-likeness (QED) is 0.831. The van der Waals surface area contributed by atoms with Crippen molar-refractivity contribution in [2.45, 2.75) is 46.0 Å². The number of anilines is 1. The number of amides is 1. The van der Waals surface area contributed by atoms with Crippen LogP contribution in [-0.2, 0) is 4.79 Å². The van der Waals surface area contributed by atoms with Crippen molar-refractivity contribution >= 4 is 11.6 Å². The number of hydrogen-bond donors (Lipinski definition) is 0. The Bertz CT molecular complexity index is 784. The molecular weight excluding hydrogens is 336 g/mol. The Kier molecular flexibility index (Phi) is 5.19. The van der Waals surface area contributed by atoms with E-state index in [9.17, 15) is 4.79 Å². The predicted octanol–water partition coefficient (Wildman–Crippen LogP) is 3.72. The third kappa shape index (κ3) is 3.60. The Balaban J connectivity index is 1.45. The first kappa shape index (κ1) is 18.1. The van der Waals surface area contributed by atoms with Gasteiger partial charge in [0.1, 0.15) is 0 Å². The molecule has 1 amide bonds. The molecule has 1 saturated carbocycles. The Hall–Kier alpha value is -2.30. The molecule has 0 spiro atoms. The van der Waals surface area contributed by atoms with Crippen molar-refractivity contribution in [2.24, 2.45) is 5.92 Å². The minimum atomic E-state index is 0.273. The van der Waals surface area contributed by atoms with Crippen LogP contribution in [0.25, 0.3) is 5.69 Å². The fourth-order valence-corrected chi connectivity index (χ4v) is 4.67. The Labute approximate surface area is 162 Å². The lowest BCUT2D eigenvalue weighted by molar-refractivity contribution is -0.136. The van der Waals surface area contributed by atoms with Crippen molar-refractivity contribution in [3.05, 3.63) is 41.7 Å². The van der Waals surface area contributed by atoms with E-state index >= 15 is 0 Å². The molecule has 0 unspecified atom stereocenters. The Morgan fingerprint density at radius 1 is 0.963 bits per heavy atom. The second kappa shape index (κ2) is 7.75. The lowest BCUT2D eigenvalue weighted by atomic mass is 9.88. The summed E-state index contributed by atoms with van der Waals surface area (Å²) in [7, 11) is 0. The van der Waals surface area contributed by atoms with E-state index in [4.69, 9.17) is 5.10 Å². The molecule has 1 aromatic heterocycles. The van der Waals surface area contributed by atoms with Gasteiger partial charge in [-0.15, -0.1) is 0 Å². The molecule has 1 saturated heterocycles. The summed E-state index contributed by atoms with van der Waals surface area (Å²) in [6.07, 6.45) is 5.89. The topological polar surface area (TPSA) is 41.4 Å². The van der Waals surface area contributed by atoms with Gasteiger partial charge in [0.05, 0.1) is 22.8 Å². The number of nitrogens with zero attached hydrogens (tertiary/aromatic N) is 4. The van der Waals surface area contributed by atoms with Crippen LogP contribution in [-0.4, -0.2) is 46.8 Å². The summed E-state index contributed by atoms with van der Waals surface area (Å²) in [4.78, 5) is 17.3. The SMILES string of the molecule is Cc1nn(-c2ccccc2)c(C)c1N1CCN(C(=O)C2CCCCC2)CC1. The third-order valence-corrected chi connectivity index (χ3v) is 6.12. The predicted molar refractivity (Wildman–Crippen MR) is 108 cm³/mol. The minimum absolute atomic E-state index is 0.273. The first-order valence-corrected chi connectivity index (χ1v) is 10.3. The molecule has 2 aliphatic rings. The van der Waals surface area contributed by atoms with E-state index in [-0.39, 0.29) is 5.92 Å². The van der Waals surface area contributed by atoms with Gasteiger partial charge in [0.15, 0.2) is 0 Å². The summed E-state index contributed by atoms with van der Waals surface area (Å²) in [5.74, 6) is 0.664. The number of benzene rings is 1. The van der Waals surface area contributed by atoms with E-state index in [1.165, 1.54) is 30.6 Å². The number of rotatable bonds is 3. The zero-order valence-corrected chi connectivity index (χ0v) is 16.5. The molecule has 2 fully saturated rings. The molecule has 2 aromatic rings. The first-order chi connectivity index (χ1) is 13.1. The van der Waals surface area contributed by atoms with Crippen molar-refractivity contribution in [3.63, 3.8) is 0 Å². The molecule has 0 bridgehead atoms. The fourth-order valence-electron chi connectivity index (χ4n) is 4.67. The number of piperazine rings is 1. The van der Waals surface area contributed by atoms with Crippen molar-refractivity contribution < 1.29 is 4.79 Å². The van der Waals surface area contributed by atoms with Crippen molar-refractivity contribution in [2.75, 3.05) is 31.1 Å². The maximum Gasteiger partial charge on any atom is 0.225 e. The highest BCUT2D eigenvalue weighted by Crippen LogP contribution is 2.29. The molecule has 0 atom stereocenters. The van der Waals surface area contributed by atoms with E-state index in [2.05, 4.69) is 35.8 Å². The maximum atomic E-state index is 12.8. The molecule has 27 heavy (non-hydrogen) atoms. The molecule has 1 aliphatic carbocycles. The van der Waals surface area contributed by atoms with Crippen LogP contribution >= 0.6 is 0 Å². The van der Waals surface area contributed by atoms with Crippen LogP contribution in [0.1, 0.15) is 43.5 Å². The van der Waals surface area contributed by atoms with Crippen LogP contribution in [0.3, 0.4) is 0 Å². The Morgan fingerprint density at radius 3 is 2.30 bits per heavy atom. The number of hydrogen-bond acceptors (Lipinski definition) is 3. The van der Waals surface area contributed by atoms with Gasteiger partial charge in [-0.2, -0.15) is 5.10 Å². The van der Waals surface area contributed by atoms with Gasteiger partial charge in [-0.25, -0.2) is 4.68 Å². The van der Waals surface area contributed by atoms with Gasteiger partial charge in [0, 0.05) is 32.1 Å². The molecule has 144 valence electrons. The molecule has 2 heterocycles.